The number of halogens is 2. The molecule has 2 aromatic carbocycles. The van der Waals surface area contributed by atoms with Gasteiger partial charge in [-0.25, -0.2) is 22.2 Å². The summed E-state index contributed by atoms with van der Waals surface area (Å²) in [6, 6.07) is 8.59. The Bertz CT molecular complexity index is 1280. The fourth-order valence-electron chi connectivity index (χ4n) is 3.94. The predicted molar refractivity (Wildman–Crippen MR) is 121 cm³/mol. The lowest BCUT2D eigenvalue weighted by Crippen LogP contribution is -2.54. The molecule has 0 radical (unpaired) electrons. The van der Waals surface area contributed by atoms with Gasteiger partial charge in [0.05, 0.1) is 26.4 Å². The molecule has 0 bridgehead atoms. The molecule has 1 amide bonds. The summed E-state index contributed by atoms with van der Waals surface area (Å²) in [5.41, 5.74) is 0.573. The van der Waals surface area contributed by atoms with Crippen molar-refractivity contribution in [3.8, 4) is 0 Å². The number of fused-ring (bicyclic) bond motifs is 1. The van der Waals surface area contributed by atoms with E-state index < -0.39 is 21.5 Å². The van der Waals surface area contributed by atoms with E-state index in [2.05, 4.69) is 4.98 Å². The molecule has 2 heterocycles. The summed E-state index contributed by atoms with van der Waals surface area (Å²) in [7, 11) is -3.55. The first-order valence-corrected chi connectivity index (χ1v) is 12.8. The van der Waals surface area contributed by atoms with Crippen LogP contribution in [0.1, 0.15) is 30.6 Å². The van der Waals surface area contributed by atoms with Gasteiger partial charge in [0.15, 0.2) is 26.6 Å². The maximum atomic E-state index is 14.1. The SMILES string of the molecule is CCCS(=O)(=O)c1ccccc1C(=O)N1CCN(c2nc3ccc(F)c(F)c3s2)C[C@@H]1C. The number of aromatic nitrogens is 1. The van der Waals surface area contributed by atoms with Crippen LogP contribution < -0.4 is 4.90 Å². The normalized spacial score (nSPS) is 17.2. The van der Waals surface area contributed by atoms with Crippen molar-refractivity contribution in [2.75, 3.05) is 30.3 Å². The van der Waals surface area contributed by atoms with Crippen molar-refractivity contribution < 1.29 is 22.0 Å². The van der Waals surface area contributed by atoms with Crippen molar-refractivity contribution in [1.82, 2.24) is 9.88 Å². The van der Waals surface area contributed by atoms with E-state index in [4.69, 9.17) is 0 Å². The molecule has 1 aliphatic heterocycles. The number of hydrogen-bond acceptors (Lipinski definition) is 6. The second kappa shape index (κ2) is 8.74. The van der Waals surface area contributed by atoms with Gasteiger partial charge in [-0.2, -0.15) is 0 Å². The van der Waals surface area contributed by atoms with Crippen molar-refractivity contribution in [2.24, 2.45) is 0 Å². The molecule has 1 aromatic heterocycles. The van der Waals surface area contributed by atoms with Gasteiger partial charge in [-0.1, -0.05) is 30.4 Å². The number of benzene rings is 2. The van der Waals surface area contributed by atoms with Gasteiger partial charge in [0, 0.05) is 25.7 Å². The molecule has 0 spiro atoms. The molecule has 0 N–H and O–H groups in total. The van der Waals surface area contributed by atoms with Crippen LogP contribution in [0.2, 0.25) is 0 Å². The molecule has 1 saturated heterocycles. The molecule has 32 heavy (non-hydrogen) atoms. The largest absolute Gasteiger partial charge is 0.344 e. The Kier molecular flexibility index (Phi) is 6.17. The molecule has 6 nitrogen and oxygen atoms in total. The quantitative estimate of drug-likeness (QED) is 0.551. The van der Waals surface area contributed by atoms with Crippen LogP contribution in [0.25, 0.3) is 10.2 Å². The highest BCUT2D eigenvalue weighted by Gasteiger charge is 2.32. The van der Waals surface area contributed by atoms with E-state index in [0.29, 0.717) is 36.7 Å². The first kappa shape index (κ1) is 22.6. The zero-order valence-corrected chi connectivity index (χ0v) is 19.3. The van der Waals surface area contributed by atoms with Crippen molar-refractivity contribution >= 4 is 42.4 Å². The molecule has 1 fully saturated rings. The van der Waals surface area contributed by atoms with E-state index in [1.165, 1.54) is 12.1 Å². The molecule has 1 aliphatic rings. The number of rotatable bonds is 5. The first-order valence-electron chi connectivity index (χ1n) is 10.3. The average Bonchev–Trinajstić information content (AvgIpc) is 3.21. The lowest BCUT2D eigenvalue weighted by Gasteiger charge is -2.40. The van der Waals surface area contributed by atoms with E-state index in [1.807, 2.05) is 11.8 Å². The highest BCUT2D eigenvalue weighted by molar-refractivity contribution is 7.91. The van der Waals surface area contributed by atoms with Gasteiger partial charge in [-0.05, 0) is 37.6 Å². The monoisotopic (exact) mass is 479 g/mol. The van der Waals surface area contributed by atoms with E-state index in [9.17, 15) is 22.0 Å². The van der Waals surface area contributed by atoms with E-state index >= 15 is 0 Å². The first-order chi connectivity index (χ1) is 15.2. The smallest absolute Gasteiger partial charge is 0.255 e. The van der Waals surface area contributed by atoms with Gasteiger partial charge in [-0.15, -0.1) is 0 Å². The van der Waals surface area contributed by atoms with Crippen LogP contribution in [0, 0.1) is 11.6 Å². The fraction of sp³-hybridized carbons (Fsp3) is 0.364. The van der Waals surface area contributed by atoms with Crippen LogP contribution in [-0.2, 0) is 9.84 Å². The van der Waals surface area contributed by atoms with Gasteiger partial charge in [0.1, 0.15) is 0 Å². The molecule has 10 heteroatoms. The third-order valence-corrected chi connectivity index (χ3v) is 8.62. The van der Waals surface area contributed by atoms with Crippen LogP contribution in [0.15, 0.2) is 41.3 Å². The number of carbonyl (C=O) groups is 1. The predicted octanol–water partition coefficient (Wildman–Crippen LogP) is 4.11. The molecule has 0 saturated carbocycles. The minimum Gasteiger partial charge on any atom is -0.344 e. The lowest BCUT2D eigenvalue weighted by atomic mass is 10.1. The van der Waals surface area contributed by atoms with Crippen LogP contribution in [-0.4, -0.2) is 55.6 Å². The van der Waals surface area contributed by atoms with Gasteiger partial charge in [0.2, 0.25) is 0 Å². The fourth-order valence-corrected chi connectivity index (χ4v) is 6.50. The zero-order chi connectivity index (χ0) is 23.0. The number of amides is 1. The minimum absolute atomic E-state index is 0.0185. The number of nitrogens with zero attached hydrogens (tertiary/aromatic N) is 3. The van der Waals surface area contributed by atoms with E-state index in [1.54, 1.807) is 30.0 Å². The molecular weight excluding hydrogens is 456 g/mol. The summed E-state index contributed by atoms with van der Waals surface area (Å²) in [5, 5.41) is 0.564. The molecule has 0 aliphatic carbocycles. The summed E-state index contributed by atoms with van der Waals surface area (Å²) >= 11 is 1.08. The van der Waals surface area contributed by atoms with E-state index in [0.717, 1.165) is 17.4 Å². The topological polar surface area (TPSA) is 70.6 Å². The Hall–Kier alpha value is -2.59. The summed E-state index contributed by atoms with van der Waals surface area (Å²) in [6.07, 6.45) is 0.465. The Labute approximate surface area is 189 Å². The molecular formula is C22H23F2N3O3S2. The van der Waals surface area contributed by atoms with Gasteiger partial charge in [0.25, 0.3) is 5.91 Å². The molecule has 3 aromatic rings. The summed E-state index contributed by atoms with van der Waals surface area (Å²) < 4.78 is 53.1. The third kappa shape index (κ3) is 4.09. The number of hydrogen-bond donors (Lipinski definition) is 0. The Morgan fingerprint density at radius 2 is 1.94 bits per heavy atom. The number of anilines is 1. The number of piperazine rings is 1. The molecule has 1 atom stereocenters. The zero-order valence-electron chi connectivity index (χ0n) is 17.7. The maximum Gasteiger partial charge on any atom is 0.255 e. The molecule has 0 unspecified atom stereocenters. The van der Waals surface area contributed by atoms with Gasteiger partial charge >= 0.3 is 0 Å². The number of thiazole rings is 1. The summed E-state index contributed by atoms with van der Waals surface area (Å²) in [4.78, 5) is 21.4. The van der Waals surface area contributed by atoms with Gasteiger partial charge in [-0.3, -0.25) is 4.79 Å². The van der Waals surface area contributed by atoms with Crippen LogP contribution in [0.3, 0.4) is 0 Å². The highest BCUT2D eigenvalue weighted by atomic mass is 32.2. The third-order valence-electron chi connectivity index (χ3n) is 5.52. The molecule has 170 valence electrons. The second-order valence-electron chi connectivity index (χ2n) is 7.81. The standard InChI is InChI=1S/C22H23F2N3O3S2/c1-3-12-32(29,30)18-7-5-4-6-15(18)21(28)27-11-10-26(13-14(27)2)22-25-17-9-8-16(23)19(24)20(17)31-22/h4-9,14H,3,10-13H2,1-2H3/t14-/m0/s1. The van der Waals surface area contributed by atoms with Crippen LogP contribution in [0.4, 0.5) is 13.9 Å². The van der Waals surface area contributed by atoms with Crippen molar-refractivity contribution in [3.63, 3.8) is 0 Å². The number of sulfone groups is 1. The minimum atomic E-state index is -3.55. The lowest BCUT2D eigenvalue weighted by molar-refractivity contribution is 0.0670. The Morgan fingerprint density at radius 1 is 1.19 bits per heavy atom. The van der Waals surface area contributed by atoms with Crippen LogP contribution in [0.5, 0.6) is 0 Å². The van der Waals surface area contributed by atoms with Crippen molar-refractivity contribution in [1.29, 1.82) is 0 Å². The Morgan fingerprint density at radius 3 is 2.66 bits per heavy atom. The number of carbonyl (C=O) groups excluding carboxylic acids is 1. The summed E-state index contributed by atoms with van der Waals surface area (Å²) in [5.74, 6) is -2.16. The second-order valence-corrected chi connectivity index (χ2v) is 10.9. The Balaban J connectivity index is 1.56. The molecule has 4 rings (SSSR count). The highest BCUT2D eigenvalue weighted by Crippen LogP contribution is 2.33. The van der Waals surface area contributed by atoms with Crippen molar-refractivity contribution in [2.45, 2.75) is 31.2 Å². The van der Waals surface area contributed by atoms with E-state index in [-0.39, 0.29) is 32.9 Å². The van der Waals surface area contributed by atoms with Crippen LogP contribution >= 0.6 is 11.3 Å². The van der Waals surface area contributed by atoms with Crippen molar-refractivity contribution in [3.05, 3.63) is 53.6 Å². The maximum absolute atomic E-state index is 14.1. The average molecular weight is 480 g/mol. The summed E-state index contributed by atoms with van der Waals surface area (Å²) in [6.45, 7) is 4.91. The van der Waals surface area contributed by atoms with Gasteiger partial charge < -0.3 is 9.80 Å².